The lowest BCUT2D eigenvalue weighted by molar-refractivity contribution is 0.0623. The van der Waals surface area contributed by atoms with Crippen LogP contribution in [0.3, 0.4) is 0 Å². The molecule has 0 aliphatic carbocycles. The first kappa shape index (κ1) is 16.2. The zero-order valence-corrected chi connectivity index (χ0v) is 14.6. The highest BCUT2D eigenvalue weighted by molar-refractivity contribution is 9.10. The molecule has 1 heterocycles. The van der Waals surface area contributed by atoms with Gasteiger partial charge in [0.25, 0.3) is 5.91 Å². The first-order valence-corrected chi connectivity index (χ1v) is 8.84. The summed E-state index contributed by atoms with van der Waals surface area (Å²) in [6, 6.07) is 18.1. The summed E-state index contributed by atoms with van der Waals surface area (Å²) in [6.07, 6.45) is 2.02. The maximum absolute atomic E-state index is 13.0. The Morgan fingerprint density at radius 1 is 1.04 bits per heavy atom. The predicted molar refractivity (Wildman–Crippen MR) is 96.3 cm³/mol. The lowest BCUT2D eigenvalue weighted by atomic mass is 10.0. The molecule has 1 amide bonds. The van der Waals surface area contributed by atoms with Crippen molar-refractivity contribution in [3.05, 3.63) is 70.2 Å². The van der Waals surface area contributed by atoms with E-state index in [9.17, 15) is 4.79 Å². The van der Waals surface area contributed by atoms with Crippen molar-refractivity contribution in [2.24, 2.45) is 0 Å². The lowest BCUT2D eigenvalue weighted by Gasteiger charge is -2.35. The molecule has 0 aromatic heterocycles. The van der Waals surface area contributed by atoms with E-state index in [1.807, 2.05) is 47.4 Å². The Kier molecular flexibility index (Phi) is 5.47. The van der Waals surface area contributed by atoms with Gasteiger partial charge in [0.05, 0.1) is 0 Å². The molecule has 0 spiro atoms. The average molecular weight is 373 g/mol. The molecule has 1 aliphatic heterocycles. The van der Waals surface area contributed by atoms with Gasteiger partial charge in [-0.15, -0.1) is 0 Å². The molecule has 1 N–H and O–H groups in total. The van der Waals surface area contributed by atoms with Crippen molar-refractivity contribution in [2.45, 2.75) is 25.4 Å². The van der Waals surface area contributed by atoms with Crippen LogP contribution in [0.25, 0.3) is 0 Å². The summed E-state index contributed by atoms with van der Waals surface area (Å²) in [4.78, 5) is 15.1. The van der Waals surface area contributed by atoms with Crippen molar-refractivity contribution in [1.29, 1.82) is 0 Å². The molecular formula is C19H21BrN2O. The van der Waals surface area contributed by atoms with Gasteiger partial charge in [-0.25, -0.2) is 0 Å². The third-order valence-electron chi connectivity index (χ3n) is 4.30. The number of piperidine rings is 1. The summed E-state index contributed by atoms with van der Waals surface area (Å²) in [6.45, 7) is 2.61. The summed E-state index contributed by atoms with van der Waals surface area (Å²) in [7, 11) is 0. The molecule has 0 radical (unpaired) electrons. The largest absolute Gasteiger partial charge is 0.331 e. The molecule has 4 heteroatoms. The van der Waals surface area contributed by atoms with Crippen LogP contribution in [-0.2, 0) is 6.54 Å². The van der Waals surface area contributed by atoms with E-state index in [1.165, 1.54) is 0 Å². The minimum absolute atomic E-state index is 0.125. The zero-order valence-electron chi connectivity index (χ0n) is 13.0. The fraction of sp³-hybridized carbons (Fsp3) is 0.316. The minimum atomic E-state index is 0.125. The van der Waals surface area contributed by atoms with Gasteiger partial charge in [0, 0.05) is 22.6 Å². The van der Waals surface area contributed by atoms with E-state index in [2.05, 4.69) is 33.4 Å². The van der Waals surface area contributed by atoms with Gasteiger partial charge in [-0.2, -0.15) is 0 Å². The van der Waals surface area contributed by atoms with Gasteiger partial charge >= 0.3 is 0 Å². The van der Waals surface area contributed by atoms with Crippen LogP contribution in [0, 0.1) is 0 Å². The maximum atomic E-state index is 13.0. The Hall–Kier alpha value is -1.65. The quantitative estimate of drug-likeness (QED) is 0.883. The predicted octanol–water partition coefficient (Wildman–Crippen LogP) is 3.84. The molecule has 2 aromatic rings. The first-order chi connectivity index (χ1) is 11.2. The standard InChI is InChI=1S/C19H21BrN2O/c20-17-8-6-15(7-9-17)14-22(18-10-12-21-13-11-18)19(23)16-4-2-1-3-5-16/h1-9,18,21H,10-14H2. The Morgan fingerprint density at radius 2 is 1.70 bits per heavy atom. The van der Waals surface area contributed by atoms with E-state index in [1.54, 1.807) is 0 Å². The molecule has 1 aliphatic rings. The summed E-state index contributed by atoms with van der Waals surface area (Å²) < 4.78 is 1.06. The third-order valence-corrected chi connectivity index (χ3v) is 4.83. The zero-order chi connectivity index (χ0) is 16.1. The number of rotatable bonds is 4. The highest BCUT2D eigenvalue weighted by atomic mass is 79.9. The second-order valence-electron chi connectivity index (χ2n) is 5.91. The molecule has 120 valence electrons. The van der Waals surface area contributed by atoms with Crippen LogP contribution in [0.2, 0.25) is 0 Å². The topological polar surface area (TPSA) is 32.3 Å². The van der Waals surface area contributed by atoms with Crippen LogP contribution < -0.4 is 5.32 Å². The third kappa shape index (κ3) is 4.21. The Labute approximate surface area is 145 Å². The first-order valence-electron chi connectivity index (χ1n) is 8.05. The monoisotopic (exact) mass is 372 g/mol. The number of carbonyl (C=O) groups is 1. The van der Waals surface area contributed by atoms with Gasteiger partial charge in [0.2, 0.25) is 0 Å². The molecule has 3 rings (SSSR count). The number of carbonyl (C=O) groups excluding carboxylic acids is 1. The van der Waals surface area contributed by atoms with Crippen molar-refractivity contribution in [3.8, 4) is 0 Å². The second kappa shape index (κ2) is 7.75. The molecule has 0 saturated carbocycles. The maximum Gasteiger partial charge on any atom is 0.254 e. The molecule has 2 aromatic carbocycles. The lowest BCUT2D eigenvalue weighted by Crippen LogP contribution is -2.45. The molecule has 0 unspecified atom stereocenters. The van der Waals surface area contributed by atoms with Crippen LogP contribution >= 0.6 is 15.9 Å². The molecule has 3 nitrogen and oxygen atoms in total. The smallest absolute Gasteiger partial charge is 0.254 e. The van der Waals surface area contributed by atoms with Gasteiger partial charge < -0.3 is 10.2 Å². The van der Waals surface area contributed by atoms with E-state index < -0.39 is 0 Å². The number of amides is 1. The van der Waals surface area contributed by atoms with E-state index in [-0.39, 0.29) is 5.91 Å². The van der Waals surface area contributed by atoms with Crippen molar-refractivity contribution in [3.63, 3.8) is 0 Å². The van der Waals surface area contributed by atoms with E-state index in [4.69, 9.17) is 0 Å². The fourth-order valence-electron chi connectivity index (χ4n) is 3.02. The molecule has 1 fully saturated rings. The number of halogens is 1. The van der Waals surface area contributed by atoms with Gasteiger partial charge in [0.15, 0.2) is 0 Å². The summed E-state index contributed by atoms with van der Waals surface area (Å²) in [5.74, 6) is 0.125. The molecule has 1 saturated heterocycles. The summed E-state index contributed by atoms with van der Waals surface area (Å²) >= 11 is 3.47. The summed E-state index contributed by atoms with van der Waals surface area (Å²) in [5.41, 5.74) is 1.93. The Bertz CT molecular complexity index is 636. The number of nitrogens with zero attached hydrogens (tertiary/aromatic N) is 1. The van der Waals surface area contributed by atoms with Gasteiger partial charge in [-0.1, -0.05) is 46.3 Å². The number of benzene rings is 2. The van der Waals surface area contributed by atoms with Crippen molar-refractivity contribution in [2.75, 3.05) is 13.1 Å². The molecule has 0 atom stereocenters. The van der Waals surface area contributed by atoms with Crippen LogP contribution in [0.5, 0.6) is 0 Å². The van der Waals surface area contributed by atoms with Gasteiger partial charge in [-0.05, 0) is 55.8 Å². The Balaban J connectivity index is 1.83. The van der Waals surface area contributed by atoms with Crippen molar-refractivity contribution in [1.82, 2.24) is 10.2 Å². The number of nitrogens with one attached hydrogen (secondary N) is 1. The number of hydrogen-bond acceptors (Lipinski definition) is 2. The number of hydrogen-bond donors (Lipinski definition) is 1. The van der Waals surface area contributed by atoms with Crippen molar-refractivity contribution >= 4 is 21.8 Å². The van der Waals surface area contributed by atoms with Crippen LogP contribution in [0.15, 0.2) is 59.1 Å². The van der Waals surface area contributed by atoms with Crippen LogP contribution in [0.4, 0.5) is 0 Å². The molecule has 0 bridgehead atoms. The minimum Gasteiger partial charge on any atom is -0.331 e. The van der Waals surface area contributed by atoms with Gasteiger partial charge in [-0.3, -0.25) is 4.79 Å². The van der Waals surface area contributed by atoms with E-state index in [0.717, 1.165) is 41.5 Å². The van der Waals surface area contributed by atoms with Gasteiger partial charge in [0.1, 0.15) is 0 Å². The van der Waals surface area contributed by atoms with E-state index in [0.29, 0.717) is 12.6 Å². The average Bonchev–Trinajstić information content (AvgIpc) is 2.62. The second-order valence-corrected chi connectivity index (χ2v) is 6.82. The highest BCUT2D eigenvalue weighted by Gasteiger charge is 2.26. The van der Waals surface area contributed by atoms with Crippen LogP contribution in [0.1, 0.15) is 28.8 Å². The highest BCUT2D eigenvalue weighted by Crippen LogP contribution is 2.20. The van der Waals surface area contributed by atoms with E-state index >= 15 is 0 Å². The molecular weight excluding hydrogens is 352 g/mol. The normalized spacial score (nSPS) is 15.3. The molecule has 23 heavy (non-hydrogen) atoms. The van der Waals surface area contributed by atoms with Crippen LogP contribution in [-0.4, -0.2) is 29.9 Å². The van der Waals surface area contributed by atoms with Crippen molar-refractivity contribution < 1.29 is 4.79 Å². The summed E-state index contributed by atoms with van der Waals surface area (Å²) in [5, 5.41) is 3.38. The Morgan fingerprint density at radius 3 is 2.35 bits per heavy atom. The fourth-order valence-corrected chi connectivity index (χ4v) is 3.28. The SMILES string of the molecule is O=C(c1ccccc1)N(Cc1ccc(Br)cc1)C1CCNCC1.